The van der Waals surface area contributed by atoms with Crippen molar-refractivity contribution in [2.24, 2.45) is 5.92 Å². The molecule has 6 nitrogen and oxygen atoms in total. The summed E-state index contributed by atoms with van der Waals surface area (Å²) in [6.45, 7) is 5.97. The molecule has 1 aromatic rings. The van der Waals surface area contributed by atoms with Gasteiger partial charge in [-0.1, -0.05) is 11.6 Å². The second-order valence-corrected chi connectivity index (χ2v) is 7.04. The van der Waals surface area contributed by atoms with Gasteiger partial charge in [0.1, 0.15) is 11.0 Å². The fourth-order valence-electron chi connectivity index (χ4n) is 3.52. The maximum Gasteiger partial charge on any atom is 0.223 e. The predicted octanol–water partition coefficient (Wildman–Crippen LogP) is 1.95. The second kappa shape index (κ2) is 8.62. The molecule has 2 aliphatic rings. The first-order valence-electron chi connectivity index (χ1n) is 8.95. The van der Waals surface area contributed by atoms with Gasteiger partial charge in [0.05, 0.1) is 12.4 Å². The first kappa shape index (κ1) is 17.4. The maximum atomic E-state index is 12.3. The highest BCUT2D eigenvalue weighted by Crippen LogP contribution is 2.22. The lowest BCUT2D eigenvalue weighted by Gasteiger charge is -2.32. The molecule has 24 heavy (non-hydrogen) atoms. The third kappa shape index (κ3) is 4.80. The van der Waals surface area contributed by atoms with Gasteiger partial charge in [-0.3, -0.25) is 9.78 Å². The van der Waals surface area contributed by atoms with Crippen molar-refractivity contribution in [3.05, 3.63) is 17.5 Å². The fraction of sp³-hybridized carbons (Fsp3) is 0.706. The van der Waals surface area contributed by atoms with E-state index in [1.54, 1.807) is 6.20 Å². The van der Waals surface area contributed by atoms with E-state index in [0.29, 0.717) is 5.15 Å². The summed E-state index contributed by atoms with van der Waals surface area (Å²) in [5.74, 6) is 1.11. The van der Waals surface area contributed by atoms with Gasteiger partial charge >= 0.3 is 0 Å². The minimum Gasteiger partial charge on any atom is -0.356 e. The standard InChI is InChI=1S/C17H26ClN5O/c18-15-12-19-13-16(21-15)23-10-4-14(5-11-23)17(24)20-6-3-9-22-7-1-2-8-22/h12-14H,1-11H2,(H,20,24). The SMILES string of the molecule is O=C(NCCCN1CCCC1)C1CCN(c2cncc(Cl)n2)CC1. The highest BCUT2D eigenvalue weighted by Gasteiger charge is 2.25. The Morgan fingerprint density at radius 3 is 2.67 bits per heavy atom. The maximum absolute atomic E-state index is 12.3. The number of hydrogen-bond donors (Lipinski definition) is 1. The largest absolute Gasteiger partial charge is 0.356 e. The van der Waals surface area contributed by atoms with Crippen LogP contribution < -0.4 is 10.2 Å². The molecule has 0 atom stereocenters. The fourth-order valence-corrected chi connectivity index (χ4v) is 3.66. The van der Waals surface area contributed by atoms with Crippen LogP contribution in [0.15, 0.2) is 12.4 Å². The monoisotopic (exact) mass is 351 g/mol. The lowest BCUT2D eigenvalue weighted by molar-refractivity contribution is -0.125. The van der Waals surface area contributed by atoms with Crippen LogP contribution in [0, 0.1) is 5.92 Å². The van der Waals surface area contributed by atoms with Crippen LogP contribution in [0.5, 0.6) is 0 Å². The molecule has 2 aliphatic heterocycles. The van der Waals surface area contributed by atoms with Crippen LogP contribution in [0.25, 0.3) is 0 Å². The van der Waals surface area contributed by atoms with Gasteiger partial charge in [-0.25, -0.2) is 4.98 Å². The number of anilines is 1. The Morgan fingerprint density at radius 2 is 1.96 bits per heavy atom. The Balaban J connectivity index is 1.35. The van der Waals surface area contributed by atoms with Crippen molar-refractivity contribution in [2.45, 2.75) is 32.1 Å². The number of likely N-dealkylation sites (tertiary alicyclic amines) is 1. The molecule has 0 aliphatic carbocycles. The summed E-state index contributed by atoms with van der Waals surface area (Å²) in [4.78, 5) is 25.3. The molecule has 2 saturated heterocycles. The summed E-state index contributed by atoms with van der Waals surface area (Å²) in [6.07, 6.45) is 8.66. The zero-order chi connectivity index (χ0) is 16.8. The normalized spacial score (nSPS) is 19.6. The molecule has 1 aromatic heterocycles. The molecule has 2 fully saturated rings. The van der Waals surface area contributed by atoms with Crippen molar-refractivity contribution < 1.29 is 4.79 Å². The van der Waals surface area contributed by atoms with E-state index in [4.69, 9.17) is 11.6 Å². The predicted molar refractivity (Wildman–Crippen MR) is 95.3 cm³/mol. The first-order chi connectivity index (χ1) is 11.7. The molecule has 0 saturated carbocycles. The smallest absolute Gasteiger partial charge is 0.223 e. The lowest BCUT2D eigenvalue weighted by Crippen LogP contribution is -2.41. The van der Waals surface area contributed by atoms with Gasteiger partial charge in [0.15, 0.2) is 0 Å². The highest BCUT2D eigenvalue weighted by atomic mass is 35.5. The molecule has 3 heterocycles. The molecule has 0 bridgehead atoms. The van der Waals surface area contributed by atoms with Gasteiger partial charge in [-0.05, 0) is 51.7 Å². The minimum atomic E-state index is 0.111. The number of piperidine rings is 1. The quantitative estimate of drug-likeness (QED) is 0.794. The number of hydrogen-bond acceptors (Lipinski definition) is 5. The van der Waals surface area contributed by atoms with E-state index in [-0.39, 0.29) is 11.8 Å². The van der Waals surface area contributed by atoms with Crippen LogP contribution in [0.3, 0.4) is 0 Å². The van der Waals surface area contributed by atoms with Gasteiger partial charge in [0.2, 0.25) is 5.91 Å². The zero-order valence-electron chi connectivity index (χ0n) is 14.1. The van der Waals surface area contributed by atoms with Crippen LogP contribution in [-0.2, 0) is 4.79 Å². The van der Waals surface area contributed by atoms with Gasteiger partial charge in [0, 0.05) is 25.6 Å². The molecule has 0 radical (unpaired) electrons. The average molecular weight is 352 g/mol. The average Bonchev–Trinajstić information content (AvgIpc) is 3.12. The summed E-state index contributed by atoms with van der Waals surface area (Å²) >= 11 is 5.89. The van der Waals surface area contributed by atoms with Crippen LogP contribution in [0.1, 0.15) is 32.1 Å². The first-order valence-corrected chi connectivity index (χ1v) is 9.33. The van der Waals surface area contributed by atoms with Crippen LogP contribution in [-0.4, -0.2) is 60.0 Å². The second-order valence-electron chi connectivity index (χ2n) is 6.65. The van der Waals surface area contributed by atoms with Crippen LogP contribution in [0.4, 0.5) is 5.82 Å². The Morgan fingerprint density at radius 1 is 1.21 bits per heavy atom. The van der Waals surface area contributed by atoms with Crippen molar-refractivity contribution in [1.82, 2.24) is 20.2 Å². The van der Waals surface area contributed by atoms with E-state index in [9.17, 15) is 4.79 Å². The number of carbonyl (C=O) groups is 1. The number of nitrogens with one attached hydrogen (secondary N) is 1. The number of rotatable bonds is 6. The van der Waals surface area contributed by atoms with Crippen molar-refractivity contribution in [3.63, 3.8) is 0 Å². The summed E-state index contributed by atoms with van der Waals surface area (Å²) in [5.41, 5.74) is 0. The molecule has 0 unspecified atom stereocenters. The van der Waals surface area contributed by atoms with Crippen LogP contribution >= 0.6 is 11.6 Å². The number of amides is 1. The van der Waals surface area contributed by atoms with Crippen molar-refractivity contribution in [3.8, 4) is 0 Å². The molecule has 0 aromatic carbocycles. The Bertz CT molecular complexity index is 542. The third-order valence-corrected chi connectivity index (χ3v) is 5.11. The summed E-state index contributed by atoms with van der Waals surface area (Å²) in [5, 5.41) is 3.51. The van der Waals surface area contributed by atoms with Crippen molar-refractivity contribution >= 4 is 23.3 Å². The number of carbonyl (C=O) groups excluding carboxylic acids is 1. The third-order valence-electron chi connectivity index (χ3n) is 4.93. The van der Waals surface area contributed by atoms with E-state index < -0.39 is 0 Å². The molecule has 3 rings (SSSR count). The minimum absolute atomic E-state index is 0.111. The number of nitrogens with zero attached hydrogens (tertiary/aromatic N) is 4. The van der Waals surface area contributed by atoms with Crippen molar-refractivity contribution in [2.75, 3.05) is 44.2 Å². The van der Waals surface area contributed by atoms with E-state index in [1.165, 1.54) is 32.1 Å². The van der Waals surface area contributed by atoms with Gasteiger partial charge in [-0.15, -0.1) is 0 Å². The van der Waals surface area contributed by atoms with Gasteiger partial charge in [-0.2, -0.15) is 0 Å². The molecular weight excluding hydrogens is 326 g/mol. The topological polar surface area (TPSA) is 61.4 Å². The van der Waals surface area contributed by atoms with E-state index in [1.807, 2.05) is 0 Å². The van der Waals surface area contributed by atoms with Gasteiger partial charge < -0.3 is 15.1 Å². The van der Waals surface area contributed by atoms with Crippen LogP contribution in [0.2, 0.25) is 5.15 Å². The summed E-state index contributed by atoms with van der Waals surface area (Å²) in [6, 6.07) is 0. The summed E-state index contributed by atoms with van der Waals surface area (Å²) < 4.78 is 0. The van der Waals surface area contributed by atoms with E-state index in [0.717, 1.165) is 51.3 Å². The number of halogens is 1. The molecule has 132 valence electrons. The molecule has 7 heteroatoms. The molecule has 1 amide bonds. The van der Waals surface area contributed by atoms with Gasteiger partial charge in [0.25, 0.3) is 0 Å². The Kier molecular flexibility index (Phi) is 6.26. The molecular formula is C17H26ClN5O. The lowest BCUT2D eigenvalue weighted by atomic mass is 9.96. The Hall–Kier alpha value is -1.40. The summed E-state index contributed by atoms with van der Waals surface area (Å²) in [7, 11) is 0. The molecule has 0 spiro atoms. The van der Waals surface area contributed by atoms with Crippen molar-refractivity contribution in [1.29, 1.82) is 0 Å². The molecule has 1 N–H and O–H groups in total. The van der Waals surface area contributed by atoms with E-state index in [2.05, 4.69) is 25.1 Å². The number of aromatic nitrogens is 2. The Labute approximate surface area is 148 Å². The van der Waals surface area contributed by atoms with E-state index >= 15 is 0 Å². The highest BCUT2D eigenvalue weighted by molar-refractivity contribution is 6.29. The zero-order valence-corrected chi connectivity index (χ0v) is 14.8.